The van der Waals surface area contributed by atoms with Crippen LogP contribution in [-0.2, 0) is 4.43 Å². The largest absolute Gasteiger partial charge is 0.411 e. The van der Waals surface area contributed by atoms with E-state index in [2.05, 4.69) is 88.0 Å². The zero-order valence-corrected chi connectivity index (χ0v) is 15.8. The van der Waals surface area contributed by atoms with Gasteiger partial charge in [0.05, 0.1) is 0 Å². The molecule has 0 saturated carbocycles. The molecule has 1 fully saturated rings. The first-order chi connectivity index (χ1) is 10.9. The molecule has 2 aromatic carbocycles. The Labute approximate surface area is 141 Å². The molecule has 122 valence electrons. The highest BCUT2D eigenvalue weighted by Crippen LogP contribution is 2.51. The molecule has 2 atom stereocenters. The fourth-order valence-electron chi connectivity index (χ4n) is 4.32. The van der Waals surface area contributed by atoms with Crippen LogP contribution in [0.5, 0.6) is 0 Å². The third kappa shape index (κ3) is 3.43. The minimum Gasteiger partial charge on any atom is -0.411 e. The molecule has 0 spiro atoms. The van der Waals surface area contributed by atoms with E-state index < -0.39 is 8.32 Å². The van der Waals surface area contributed by atoms with Crippen molar-refractivity contribution in [1.29, 1.82) is 0 Å². The zero-order valence-electron chi connectivity index (χ0n) is 14.8. The summed E-state index contributed by atoms with van der Waals surface area (Å²) in [5, 5.41) is 0. The van der Waals surface area contributed by atoms with Crippen LogP contribution in [0.25, 0.3) is 0 Å². The molecule has 0 aliphatic carbocycles. The van der Waals surface area contributed by atoms with Gasteiger partial charge in [-0.25, -0.2) is 0 Å². The lowest BCUT2D eigenvalue weighted by Crippen LogP contribution is -2.48. The van der Waals surface area contributed by atoms with Gasteiger partial charge in [0.25, 0.3) is 0 Å². The average molecular weight is 325 g/mol. The average Bonchev–Trinajstić information content (AvgIpc) is 2.83. The second-order valence-electron chi connectivity index (χ2n) is 7.90. The van der Waals surface area contributed by atoms with E-state index in [1.165, 1.54) is 24.0 Å². The highest BCUT2D eigenvalue weighted by molar-refractivity contribution is 6.76. The van der Waals surface area contributed by atoms with Gasteiger partial charge in [0.2, 0.25) is 8.32 Å². The van der Waals surface area contributed by atoms with Crippen molar-refractivity contribution in [3.05, 3.63) is 71.8 Å². The molecule has 0 N–H and O–H groups in total. The van der Waals surface area contributed by atoms with Crippen LogP contribution in [0.15, 0.2) is 60.7 Å². The zero-order chi connectivity index (χ0) is 16.5. The summed E-state index contributed by atoms with van der Waals surface area (Å²) >= 11 is 0. The van der Waals surface area contributed by atoms with Crippen LogP contribution in [0.1, 0.15) is 55.8 Å². The summed E-state index contributed by atoms with van der Waals surface area (Å²) in [4.78, 5) is 0. The molecule has 3 rings (SSSR count). The number of benzene rings is 2. The number of rotatable bonds is 3. The molecule has 2 heteroatoms. The van der Waals surface area contributed by atoms with Crippen molar-refractivity contribution in [2.75, 3.05) is 0 Å². The second kappa shape index (κ2) is 6.25. The van der Waals surface area contributed by atoms with Crippen molar-refractivity contribution in [3.8, 4) is 0 Å². The SMILES string of the molecule is CC(C)(C)O[Si]1(C)[C@@H](c2ccccc2)CC[C@@H]1c1ccccc1. The Morgan fingerprint density at radius 1 is 0.783 bits per heavy atom. The number of hydrogen-bond acceptors (Lipinski definition) is 1. The van der Waals surface area contributed by atoms with Gasteiger partial charge in [-0.1, -0.05) is 60.7 Å². The van der Waals surface area contributed by atoms with Gasteiger partial charge in [0.15, 0.2) is 0 Å². The summed E-state index contributed by atoms with van der Waals surface area (Å²) in [6.45, 7) is 9.07. The van der Waals surface area contributed by atoms with Crippen molar-refractivity contribution < 1.29 is 4.43 Å². The molecule has 0 unspecified atom stereocenters. The van der Waals surface area contributed by atoms with Gasteiger partial charge >= 0.3 is 0 Å². The van der Waals surface area contributed by atoms with Gasteiger partial charge in [-0.05, 0) is 51.3 Å². The van der Waals surface area contributed by atoms with E-state index >= 15 is 0 Å². The van der Waals surface area contributed by atoms with E-state index in [9.17, 15) is 0 Å². The van der Waals surface area contributed by atoms with E-state index in [1.54, 1.807) is 0 Å². The number of hydrogen-bond donors (Lipinski definition) is 0. The fraction of sp³-hybridized carbons (Fsp3) is 0.429. The van der Waals surface area contributed by atoms with Crippen LogP contribution in [0, 0.1) is 0 Å². The monoisotopic (exact) mass is 324 g/mol. The maximum Gasteiger partial charge on any atom is 0.205 e. The molecule has 23 heavy (non-hydrogen) atoms. The predicted molar refractivity (Wildman–Crippen MR) is 100 cm³/mol. The van der Waals surface area contributed by atoms with Crippen LogP contribution in [0.3, 0.4) is 0 Å². The quantitative estimate of drug-likeness (QED) is 0.647. The summed E-state index contributed by atoms with van der Waals surface area (Å²) in [6.07, 6.45) is 2.48. The Morgan fingerprint density at radius 2 is 1.17 bits per heavy atom. The van der Waals surface area contributed by atoms with E-state index in [1.807, 2.05) is 0 Å². The molecule has 1 saturated heterocycles. The van der Waals surface area contributed by atoms with Crippen molar-refractivity contribution in [3.63, 3.8) is 0 Å². The molecule has 1 aliphatic heterocycles. The highest BCUT2D eigenvalue weighted by atomic mass is 28.4. The van der Waals surface area contributed by atoms with Crippen LogP contribution in [0.2, 0.25) is 6.55 Å². The molecular weight excluding hydrogens is 296 g/mol. The fourth-order valence-corrected chi connectivity index (χ4v) is 9.60. The highest BCUT2D eigenvalue weighted by Gasteiger charge is 2.53. The Kier molecular flexibility index (Phi) is 4.48. The van der Waals surface area contributed by atoms with Gasteiger partial charge in [-0.3, -0.25) is 0 Å². The molecule has 0 radical (unpaired) electrons. The van der Waals surface area contributed by atoms with Crippen molar-refractivity contribution in [2.45, 2.75) is 56.8 Å². The maximum atomic E-state index is 6.86. The van der Waals surface area contributed by atoms with E-state index in [4.69, 9.17) is 4.43 Å². The van der Waals surface area contributed by atoms with E-state index in [-0.39, 0.29) is 5.60 Å². The summed E-state index contributed by atoms with van der Waals surface area (Å²) in [6, 6.07) is 22.0. The molecular formula is C21H28OSi. The Hall–Kier alpha value is -1.38. The first kappa shape index (κ1) is 16.5. The second-order valence-corrected chi connectivity index (χ2v) is 11.9. The Bertz CT molecular complexity index is 582. The van der Waals surface area contributed by atoms with Gasteiger partial charge in [-0.15, -0.1) is 0 Å². The van der Waals surface area contributed by atoms with E-state index in [0.717, 1.165) is 0 Å². The molecule has 2 aromatic rings. The summed E-state index contributed by atoms with van der Waals surface area (Å²) in [5.41, 5.74) is 3.99. The maximum absolute atomic E-state index is 6.86. The van der Waals surface area contributed by atoms with Gasteiger partial charge in [-0.2, -0.15) is 0 Å². The minimum absolute atomic E-state index is 0.0919. The lowest BCUT2D eigenvalue weighted by molar-refractivity contribution is 0.114. The van der Waals surface area contributed by atoms with Crippen LogP contribution in [0.4, 0.5) is 0 Å². The molecule has 1 aliphatic rings. The Morgan fingerprint density at radius 3 is 1.52 bits per heavy atom. The standard InChI is InChI=1S/C21H28OSi/c1-21(2,3)22-23(4)19(17-11-7-5-8-12-17)15-16-20(23)18-13-9-6-10-14-18/h5-14,19-20H,15-16H2,1-4H3/t19-,20-/m1/s1. The minimum atomic E-state index is -1.96. The van der Waals surface area contributed by atoms with Crippen molar-refractivity contribution >= 4 is 8.32 Å². The molecule has 1 heterocycles. The Balaban J connectivity index is 2.02. The van der Waals surface area contributed by atoms with Gasteiger partial charge in [0, 0.05) is 16.7 Å². The summed E-state index contributed by atoms with van der Waals surface area (Å²) in [7, 11) is -1.96. The van der Waals surface area contributed by atoms with Crippen LogP contribution < -0.4 is 0 Å². The molecule has 0 amide bonds. The molecule has 0 bridgehead atoms. The third-order valence-electron chi connectivity index (χ3n) is 5.06. The first-order valence-corrected chi connectivity index (χ1v) is 11.3. The van der Waals surface area contributed by atoms with Crippen LogP contribution >= 0.6 is 0 Å². The molecule has 1 nitrogen and oxygen atoms in total. The van der Waals surface area contributed by atoms with Crippen molar-refractivity contribution in [2.24, 2.45) is 0 Å². The first-order valence-electron chi connectivity index (χ1n) is 8.70. The normalized spacial score (nSPS) is 23.8. The third-order valence-corrected chi connectivity index (χ3v) is 10.1. The summed E-state index contributed by atoms with van der Waals surface area (Å²) < 4.78 is 6.86. The smallest absolute Gasteiger partial charge is 0.205 e. The summed E-state index contributed by atoms with van der Waals surface area (Å²) in [5.74, 6) is 0. The lowest BCUT2D eigenvalue weighted by Gasteiger charge is -2.40. The van der Waals surface area contributed by atoms with Gasteiger partial charge in [0.1, 0.15) is 0 Å². The van der Waals surface area contributed by atoms with Crippen LogP contribution in [-0.4, -0.2) is 13.9 Å². The van der Waals surface area contributed by atoms with E-state index in [0.29, 0.717) is 11.1 Å². The molecule has 0 aromatic heterocycles. The topological polar surface area (TPSA) is 9.23 Å². The lowest BCUT2D eigenvalue weighted by atomic mass is 10.0. The predicted octanol–water partition coefficient (Wildman–Crippen LogP) is 5.82. The van der Waals surface area contributed by atoms with Crippen molar-refractivity contribution in [1.82, 2.24) is 0 Å². The van der Waals surface area contributed by atoms with Gasteiger partial charge < -0.3 is 4.43 Å².